The van der Waals surface area contributed by atoms with Gasteiger partial charge in [-0.2, -0.15) is 0 Å². The van der Waals surface area contributed by atoms with Gasteiger partial charge in [0.2, 0.25) is 0 Å². The highest BCUT2D eigenvalue weighted by Crippen LogP contribution is 2.22. The zero-order chi connectivity index (χ0) is 22.0. The number of allylic oxidation sites excluding steroid dienone is 1. The lowest BCUT2D eigenvalue weighted by molar-refractivity contribution is 0.392. The Bertz CT molecular complexity index is 305. The lowest BCUT2D eigenvalue weighted by atomic mass is 9.92. The van der Waals surface area contributed by atoms with Crippen LogP contribution in [0.2, 0.25) is 0 Å². The van der Waals surface area contributed by atoms with E-state index in [-0.39, 0.29) is 0 Å². The monoisotopic (exact) mass is 420 g/mol. The van der Waals surface area contributed by atoms with Gasteiger partial charge in [0.25, 0.3) is 0 Å². The SMILES string of the molecule is C=CCCCCCCCCCCCC(CC)CCCCCCCCCCCCCC. The van der Waals surface area contributed by atoms with E-state index in [0.29, 0.717) is 0 Å². The smallest absolute Gasteiger partial charge is 0.0353 e. The largest absolute Gasteiger partial charge is 0.103 e. The molecule has 0 N–H and O–H groups in total. The van der Waals surface area contributed by atoms with E-state index in [2.05, 4.69) is 26.5 Å². The average molecular weight is 421 g/mol. The maximum absolute atomic E-state index is 3.80. The molecule has 0 rings (SSSR count). The normalized spacial score (nSPS) is 12.3. The lowest BCUT2D eigenvalue weighted by Gasteiger charge is -2.14. The van der Waals surface area contributed by atoms with Crippen LogP contribution in [0.3, 0.4) is 0 Å². The highest BCUT2D eigenvalue weighted by molar-refractivity contribution is 4.65. The molecule has 0 radical (unpaired) electrons. The molecule has 0 aliphatic heterocycles. The summed E-state index contributed by atoms with van der Waals surface area (Å²) in [5.41, 5.74) is 0. The van der Waals surface area contributed by atoms with Gasteiger partial charge in [-0.3, -0.25) is 0 Å². The summed E-state index contributed by atoms with van der Waals surface area (Å²) >= 11 is 0. The minimum atomic E-state index is 1.01. The van der Waals surface area contributed by atoms with Crippen molar-refractivity contribution in [1.29, 1.82) is 0 Å². The van der Waals surface area contributed by atoms with E-state index in [1.165, 1.54) is 161 Å². The first-order chi connectivity index (χ1) is 14.8. The van der Waals surface area contributed by atoms with Crippen LogP contribution < -0.4 is 0 Å². The van der Waals surface area contributed by atoms with E-state index in [1.54, 1.807) is 0 Å². The van der Waals surface area contributed by atoms with Crippen molar-refractivity contribution in [2.75, 3.05) is 0 Å². The molecule has 0 nitrogen and oxygen atoms in total. The molecule has 0 aromatic carbocycles. The van der Waals surface area contributed by atoms with Crippen molar-refractivity contribution in [3.63, 3.8) is 0 Å². The van der Waals surface area contributed by atoms with Crippen LogP contribution in [0.1, 0.15) is 174 Å². The lowest BCUT2D eigenvalue weighted by Crippen LogP contribution is -1.99. The van der Waals surface area contributed by atoms with Gasteiger partial charge < -0.3 is 0 Å². The van der Waals surface area contributed by atoms with Crippen LogP contribution in [0.5, 0.6) is 0 Å². The molecule has 1 unspecified atom stereocenters. The Morgan fingerprint density at radius 2 is 0.800 bits per heavy atom. The molecule has 0 saturated carbocycles. The molecule has 1 atom stereocenters. The fourth-order valence-corrected chi connectivity index (χ4v) is 4.79. The maximum atomic E-state index is 3.80. The second kappa shape index (κ2) is 26.8. The van der Waals surface area contributed by atoms with Crippen molar-refractivity contribution < 1.29 is 0 Å². The molecule has 180 valence electrons. The van der Waals surface area contributed by atoms with Gasteiger partial charge in [-0.1, -0.05) is 168 Å². The molecule has 0 aromatic heterocycles. The Morgan fingerprint density at radius 3 is 1.13 bits per heavy atom. The van der Waals surface area contributed by atoms with Crippen molar-refractivity contribution in [1.82, 2.24) is 0 Å². The Kier molecular flexibility index (Phi) is 26.5. The predicted molar refractivity (Wildman–Crippen MR) is 140 cm³/mol. The standard InChI is InChI=1S/C30H60/c1-4-7-9-11-13-15-17-19-21-23-25-27-29-30(6-3)28-26-24-22-20-18-16-14-12-10-8-5-2/h5,30H,2,4,6-29H2,1,3H3. The molecular formula is C30H60. The van der Waals surface area contributed by atoms with Crippen LogP contribution in [-0.4, -0.2) is 0 Å². The predicted octanol–water partition coefficient (Wildman–Crippen LogP) is 11.6. The van der Waals surface area contributed by atoms with Crippen LogP contribution in [0.15, 0.2) is 12.7 Å². The summed E-state index contributed by atoms with van der Waals surface area (Å²) in [6.07, 6.45) is 38.3. The zero-order valence-corrected chi connectivity index (χ0v) is 21.5. The van der Waals surface area contributed by atoms with Gasteiger partial charge in [-0.15, -0.1) is 6.58 Å². The Morgan fingerprint density at radius 1 is 0.467 bits per heavy atom. The van der Waals surface area contributed by atoms with Gasteiger partial charge >= 0.3 is 0 Å². The van der Waals surface area contributed by atoms with Crippen molar-refractivity contribution in [2.24, 2.45) is 5.92 Å². The summed E-state index contributed by atoms with van der Waals surface area (Å²) in [5.74, 6) is 1.01. The molecule has 0 amide bonds. The van der Waals surface area contributed by atoms with Gasteiger partial charge in [0, 0.05) is 0 Å². The van der Waals surface area contributed by atoms with Crippen LogP contribution in [0, 0.1) is 5.92 Å². The van der Waals surface area contributed by atoms with Gasteiger partial charge in [0.05, 0.1) is 0 Å². The first-order valence-corrected chi connectivity index (χ1v) is 14.5. The first-order valence-electron chi connectivity index (χ1n) is 14.5. The zero-order valence-electron chi connectivity index (χ0n) is 21.5. The summed E-state index contributed by atoms with van der Waals surface area (Å²) in [4.78, 5) is 0. The molecule has 0 saturated heterocycles. The Balaban J connectivity index is 3.27. The van der Waals surface area contributed by atoms with Crippen molar-refractivity contribution >= 4 is 0 Å². The third kappa shape index (κ3) is 24.0. The minimum Gasteiger partial charge on any atom is -0.103 e. The molecule has 0 heterocycles. The van der Waals surface area contributed by atoms with E-state index >= 15 is 0 Å². The van der Waals surface area contributed by atoms with Gasteiger partial charge in [-0.05, 0) is 18.8 Å². The van der Waals surface area contributed by atoms with E-state index < -0.39 is 0 Å². The third-order valence-electron chi connectivity index (χ3n) is 7.06. The van der Waals surface area contributed by atoms with Crippen molar-refractivity contribution in [2.45, 2.75) is 174 Å². The average Bonchev–Trinajstić information content (AvgIpc) is 2.76. The van der Waals surface area contributed by atoms with Crippen LogP contribution in [0.4, 0.5) is 0 Å². The fourth-order valence-electron chi connectivity index (χ4n) is 4.79. The first kappa shape index (κ1) is 29.7. The highest BCUT2D eigenvalue weighted by atomic mass is 14.1. The molecule has 0 aliphatic carbocycles. The molecule has 0 aliphatic rings. The molecule has 0 spiro atoms. The maximum Gasteiger partial charge on any atom is -0.0353 e. The topological polar surface area (TPSA) is 0 Å². The second-order valence-electron chi connectivity index (χ2n) is 10.0. The summed E-state index contributed by atoms with van der Waals surface area (Å²) < 4.78 is 0. The quantitative estimate of drug-likeness (QED) is 0.0963. The summed E-state index contributed by atoms with van der Waals surface area (Å²) in [5, 5.41) is 0. The molecule has 0 aromatic rings. The summed E-state index contributed by atoms with van der Waals surface area (Å²) in [6, 6.07) is 0. The molecule has 0 fully saturated rings. The van der Waals surface area contributed by atoms with E-state index in [1.807, 2.05) is 0 Å². The van der Waals surface area contributed by atoms with E-state index in [9.17, 15) is 0 Å². The number of unbranched alkanes of at least 4 members (excludes halogenated alkanes) is 20. The molecule has 0 bridgehead atoms. The summed E-state index contributed by atoms with van der Waals surface area (Å²) in [6.45, 7) is 8.52. The van der Waals surface area contributed by atoms with Crippen molar-refractivity contribution in [3.05, 3.63) is 12.7 Å². The third-order valence-corrected chi connectivity index (χ3v) is 7.06. The number of hydrogen-bond donors (Lipinski definition) is 0. The van der Waals surface area contributed by atoms with Crippen LogP contribution >= 0.6 is 0 Å². The highest BCUT2D eigenvalue weighted by Gasteiger charge is 2.06. The van der Waals surface area contributed by atoms with Crippen LogP contribution in [-0.2, 0) is 0 Å². The second-order valence-corrected chi connectivity index (χ2v) is 10.0. The molecular weight excluding hydrogens is 360 g/mol. The van der Waals surface area contributed by atoms with E-state index in [0.717, 1.165) is 5.92 Å². The van der Waals surface area contributed by atoms with Gasteiger partial charge in [0.1, 0.15) is 0 Å². The Labute approximate surface area is 193 Å². The summed E-state index contributed by atoms with van der Waals surface area (Å²) in [7, 11) is 0. The molecule has 0 heteroatoms. The van der Waals surface area contributed by atoms with Crippen molar-refractivity contribution in [3.8, 4) is 0 Å². The van der Waals surface area contributed by atoms with Gasteiger partial charge in [-0.25, -0.2) is 0 Å². The van der Waals surface area contributed by atoms with Crippen LogP contribution in [0.25, 0.3) is 0 Å². The minimum absolute atomic E-state index is 1.01. The fraction of sp³-hybridized carbons (Fsp3) is 0.933. The molecule has 30 heavy (non-hydrogen) atoms. The number of hydrogen-bond acceptors (Lipinski definition) is 0. The number of rotatable bonds is 26. The van der Waals surface area contributed by atoms with Gasteiger partial charge in [0.15, 0.2) is 0 Å². The van der Waals surface area contributed by atoms with E-state index in [4.69, 9.17) is 0 Å². The Hall–Kier alpha value is -0.260.